The van der Waals surface area contributed by atoms with Gasteiger partial charge in [0.05, 0.1) is 12.2 Å². The summed E-state index contributed by atoms with van der Waals surface area (Å²) in [6.45, 7) is 8.53. The van der Waals surface area contributed by atoms with Gasteiger partial charge in [0, 0.05) is 36.8 Å². The van der Waals surface area contributed by atoms with Crippen LogP contribution in [-0.4, -0.2) is 62.5 Å². The monoisotopic (exact) mass is 423 g/mol. The first-order chi connectivity index (χ1) is 14.7. The van der Waals surface area contributed by atoms with Gasteiger partial charge in [0.2, 0.25) is 0 Å². The van der Waals surface area contributed by atoms with Crippen LogP contribution in [0.25, 0.3) is 11.3 Å². The summed E-state index contributed by atoms with van der Waals surface area (Å²) in [6, 6.07) is 5.14. The second kappa shape index (κ2) is 7.69. The third-order valence-electron chi connectivity index (χ3n) is 5.83. The number of hydrogen-bond acceptors (Lipinski definition) is 7. The number of oxazole rings is 1. The number of likely N-dealkylation sites (tertiary alicyclic amines) is 2. The molecule has 31 heavy (non-hydrogen) atoms. The van der Waals surface area contributed by atoms with Gasteiger partial charge in [-0.1, -0.05) is 0 Å². The maximum absolute atomic E-state index is 13.1. The van der Waals surface area contributed by atoms with E-state index in [9.17, 15) is 9.59 Å². The van der Waals surface area contributed by atoms with E-state index in [2.05, 4.69) is 9.97 Å². The molecule has 2 aromatic heterocycles. The predicted molar refractivity (Wildman–Crippen MR) is 110 cm³/mol. The average Bonchev–Trinajstić information content (AvgIpc) is 3.43. The van der Waals surface area contributed by atoms with Crippen LogP contribution in [0.4, 0.5) is 4.79 Å². The lowest BCUT2D eigenvalue weighted by Crippen LogP contribution is -2.43. The van der Waals surface area contributed by atoms with Gasteiger partial charge in [-0.2, -0.15) is 5.26 Å². The Bertz CT molecular complexity index is 1050. The standard InChI is InChI=1S/C22H25N5O4/c1-13-16-6-8-26(17(16)12-27(13)21(29)31-22(2,3)4)20(28)19-25-11-18(30-19)14-5-7-24-15(9-14)10-23/h5,7,9,11,13,16-17H,6,8,12H2,1-4H3/t13-,16+,17-/m0/s1. The van der Waals surface area contributed by atoms with Gasteiger partial charge in [0.25, 0.3) is 5.89 Å². The van der Waals surface area contributed by atoms with Crippen molar-refractivity contribution in [1.82, 2.24) is 19.8 Å². The summed E-state index contributed by atoms with van der Waals surface area (Å²) < 4.78 is 11.2. The SMILES string of the molecule is C[C@H]1[C@H]2CCN(C(=O)c3ncc(-c4ccnc(C#N)c4)o3)[C@H]2CN1C(=O)OC(C)(C)C. The molecule has 0 saturated carbocycles. The lowest BCUT2D eigenvalue weighted by Gasteiger charge is -2.28. The summed E-state index contributed by atoms with van der Waals surface area (Å²) in [5.41, 5.74) is 0.311. The molecular weight excluding hydrogens is 398 g/mol. The second-order valence-electron chi connectivity index (χ2n) is 8.96. The molecule has 2 saturated heterocycles. The first kappa shape index (κ1) is 20.8. The highest BCUT2D eigenvalue weighted by Crippen LogP contribution is 2.38. The fraction of sp³-hybridized carbons (Fsp3) is 0.500. The molecular formula is C22H25N5O4. The Morgan fingerprint density at radius 3 is 2.77 bits per heavy atom. The van der Waals surface area contributed by atoms with Gasteiger partial charge in [-0.3, -0.25) is 4.79 Å². The molecule has 2 amide bonds. The minimum atomic E-state index is -0.573. The lowest BCUT2D eigenvalue weighted by molar-refractivity contribution is 0.0206. The Kier molecular flexibility index (Phi) is 5.17. The summed E-state index contributed by atoms with van der Waals surface area (Å²) in [7, 11) is 0. The van der Waals surface area contributed by atoms with Crippen LogP contribution < -0.4 is 0 Å². The molecule has 0 N–H and O–H groups in total. The lowest BCUT2D eigenvalue weighted by atomic mass is 9.98. The molecule has 9 heteroatoms. The van der Waals surface area contributed by atoms with Crippen LogP contribution in [0.15, 0.2) is 28.9 Å². The van der Waals surface area contributed by atoms with Crippen molar-refractivity contribution >= 4 is 12.0 Å². The molecule has 2 aliphatic rings. The average molecular weight is 423 g/mol. The first-order valence-electron chi connectivity index (χ1n) is 10.3. The number of carbonyl (C=O) groups excluding carboxylic acids is 2. The fourth-order valence-corrected chi connectivity index (χ4v) is 4.36. The molecule has 0 bridgehead atoms. The van der Waals surface area contributed by atoms with Crippen molar-refractivity contribution < 1.29 is 18.7 Å². The van der Waals surface area contributed by atoms with Crippen LogP contribution in [0.3, 0.4) is 0 Å². The molecule has 0 spiro atoms. The molecule has 2 fully saturated rings. The Morgan fingerprint density at radius 2 is 2.06 bits per heavy atom. The van der Waals surface area contributed by atoms with Crippen LogP contribution in [0.2, 0.25) is 0 Å². The van der Waals surface area contributed by atoms with Crippen LogP contribution in [0.1, 0.15) is 50.5 Å². The van der Waals surface area contributed by atoms with Gasteiger partial charge >= 0.3 is 12.0 Å². The van der Waals surface area contributed by atoms with E-state index in [0.717, 1.165) is 6.42 Å². The van der Waals surface area contributed by atoms with E-state index in [0.29, 0.717) is 24.4 Å². The molecule has 4 rings (SSSR count). The normalized spacial score (nSPS) is 22.9. The van der Waals surface area contributed by atoms with E-state index in [4.69, 9.17) is 14.4 Å². The molecule has 3 atom stereocenters. The zero-order valence-corrected chi connectivity index (χ0v) is 18.0. The molecule has 0 unspecified atom stereocenters. The number of nitriles is 1. The van der Waals surface area contributed by atoms with Gasteiger partial charge in [-0.05, 0) is 46.2 Å². The number of nitrogens with zero attached hydrogens (tertiary/aromatic N) is 5. The number of pyridine rings is 1. The van der Waals surface area contributed by atoms with Crippen molar-refractivity contribution in [3.8, 4) is 17.4 Å². The zero-order chi connectivity index (χ0) is 22.3. The molecule has 2 aliphatic heterocycles. The van der Waals surface area contributed by atoms with Crippen molar-refractivity contribution in [2.75, 3.05) is 13.1 Å². The van der Waals surface area contributed by atoms with E-state index >= 15 is 0 Å². The van der Waals surface area contributed by atoms with E-state index in [-0.39, 0.29) is 41.6 Å². The molecule has 0 aromatic carbocycles. The smallest absolute Gasteiger partial charge is 0.410 e. The summed E-state index contributed by atoms with van der Waals surface area (Å²) in [6.07, 6.45) is 3.43. The number of ether oxygens (including phenoxy) is 1. The molecule has 9 nitrogen and oxygen atoms in total. The van der Waals surface area contributed by atoms with Crippen molar-refractivity contribution in [2.24, 2.45) is 5.92 Å². The topological polar surface area (TPSA) is 113 Å². The number of rotatable bonds is 2. The van der Waals surface area contributed by atoms with Crippen molar-refractivity contribution in [3.05, 3.63) is 36.1 Å². The molecule has 0 radical (unpaired) electrons. The Balaban J connectivity index is 1.50. The van der Waals surface area contributed by atoms with Crippen LogP contribution in [0.5, 0.6) is 0 Å². The largest absolute Gasteiger partial charge is 0.444 e. The Labute approximate surface area is 180 Å². The minimum Gasteiger partial charge on any atom is -0.444 e. The molecule has 2 aromatic rings. The fourth-order valence-electron chi connectivity index (χ4n) is 4.36. The van der Waals surface area contributed by atoms with Crippen LogP contribution >= 0.6 is 0 Å². The van der Waals surface area contributed by atoms with Gasteiger partial charge in [-0.25, -0.2) is 14.8 Å². The first-order valence-corrected chi connectivity index (χ1v) is 10.3. The number of carbonyl (C=O) groups is 2. The second-order valence-corrected chi connectivity index (χ2v) is 8.96. The molecule has 0 aliphatic carbocycles. The summed E-state index contributed by atoms with van der Waals surface area (Å²) in [5.74, 6) is 0.276. The third-order valence-corrected chi connectivity index (χ3v) is 5.83. The highest BCUT2D eigenvalue weighted by atomic mass is 16.6. The van der Waals surface area contributed by atoms with E-state index < -0.39 is 5.60 Å². The summed E-state index contributed by atoms with van der Waals surface area (Å²) >= 11 is 0. The number of aromatic nitrogens is 2. The van der Waals surface area contributed by atoms with Crippen LogP contribution in [-0.2, 0) is 4.74 Å². The summed E-state index contributed by atoms with van der Waals surface area (Å²) in [5, 5.41) is 9.02. The Hall–Kier alpha value is -3.41. The van der Waals surface area contributed by atoms with Gasteiger partial charge in [-0.15, -0.1) is 0 Å². The zero-order valence-electron chi connectivity index (χ0n) is 18.0. The number of amides is 2. The van der Waals surface area contributed by atoms with Crippen molar-refractivity contribution in [3.63, 3.8) is 0 Å². The van der Waals surface area contributed by atoms with E-state index in [1.165, 1.54) is 12.4 Å². The van der Waals surface area contributed by atoms with Crippen molar-refractivity contribution in [2.45, 2.75) is 51.8 Å². The Morgan fingerprint density at radius 1 is 1.29 bits per heavy atom. The maximum atomic E-state index is 13.1. The quantitative estimate of drug-likeness (QED) is 0.729. The van der Waals surface area contributed by atoms with Gasteiger partial charge < -0.3 is 19.0 Å². The van der Waals surface area contributed by atoms with E-state index in [1.807, 2.05) is 33.8 Å². The highest BCUT2D eigenvalue weighted by molar-refractivity contribution is 5.90. The minimum absolute atomic E-state index is 0.00524. The number of hydrogen-bond donors (Lipinski definition) is 0. The number of fused-ring (bicyclic) bond motifs is 1. The summed E-state index contributed by atoms with van der Waals surface area (Å²) in [4.78, 5) is 37.3. The molecule has 162 valence electrons. The van der Waals surface area contributed by atoms with Crippen LogP contribution in [0, 0.1) is 17.2 Å². The predicted octanol–water partition coefficient (Wildman–Crippen LogP) is 3.08. The van der Waals surface area contributed by atoms with Crippen molar-refractivity contribution in [1.29, 1.82) is 5.26 Å². The third kappa shape index (κ3) is 3.98. The van der Waals surface area contributed by atoms with Gasteiger partial charge in [0.1, 0.15) is 17.4 Å². The van der Waals surface area contributed by atoms with Gasteiger partial charge in [0.15, 0.2) is 5.76 Å². The maximum Gasteiger partial charge on any atom is 0.410 e. The van der Waals surface area contributed by atoms with E-state index in [1.54, 1.807) is 21.9 Å². The highest BCUT2D eigenvalue weighted by Gasteiger charge is 2.50. The molecule has 4 heterocycles.